The number of nitriles is 1. The number of hydrogen-bond donors (Lipinski definition) is 1. The molecule has 0 aliphatic carbocycles. The summed E-state index contributed by atoms with van der Waals surface area (Å²) in [7, 11) is 0. The Hall–Kier alpha value is -5.41. The van der Waals surface area contributed by atoms with E-state index in [2.05, 4.69) is 11.2 Å². The number of anilines is 1. The smallest absolute Gasteiger partial charge is 0.280 e. The number of rotatable bonds is 6. The maximum atomic E-state index is 12.9. The van der Waals surface area contributed by atoms with E-state index in [0.717, 1.165) is 11.3 Å². The molecule has 1 aliphatic heterocycles. The van der Waals surface area contributed by atoms with Gasteiger partial charge in [0.15, 0.2) is 0 Å². The van der Waals surface area contributed by atoms with Crippen LogP contribution in [0, 0.1) is 11.3 Å². The van der Waals surface area contributed by atoms with E-state index in [0.29, 0.717) is 28.2 Å². The van der Waals surface area contributed by atoms with Crippen molar-refractivity contribution in [3.63, 3.8) is 0 Å². The number of hydrogen-bond acceptors (Lipinski definition) is 4. The molecule has 0 radical (unpaired) electrons. The van der Waals surface area contributed by atoms with E-state index in [1.54, 1.807) is 29.7 Å². The third-order valence-corrected chi connectivity index (χ3v) is 6.17. The zero-order valence-electron chi connectivity index (χ0n) is 20.7. The lowest BCUT2D eigenvalue weighted by Crippen LogP contribution is -2.21. The van der Waals surface area contributed by atoms with Crippen LogP contribution in [0.1, 0.15) is 18.2 Å². The van der Waals surface area contributed by atoms with Crippen LogP contribution in [0.2, 0.25) is 0 Å². The van der Waals surface area contributed by atoms with Gasteiger partial charge in [-0.2, -0.15) is 15.4 Å². The van der Waals surface area contributed by atoms with E-state index >= 15 is 0 Å². The molecule has 3 aromatic carbocycles. The van der Waals surface area contributed by atoms with Gasteiger partial charge in [0.1, 0.15) is 11.6 Å². The van der Waals surface area contributed by atoms with Gasteiger partial charge >= 0.3 is 0 Å². The summed E-state index contributed by atoms with van der Waals surface area (Å²) in [6.45, 7) is 1.81. The van der Waals surface area contributed by atoms with Crippen LogP contribution in [0.3, 0.4) is 0 Å². The van der Waals surface area contributed by atoms with Gasteiger partial charge in [-0.1, -0.05) is 85.0 Å². The number of para-hydroxylation sites is 2. The first-order valence-electron chi connectivity index (χ1n) is 12.1. The van der Waals surface area contributed by atoms with Gasteiger partial charge in [-0.05, 0) is 48.9 Å². The summed E-state index contributed by atoms with van der Waals surface area (Å²) in [5.74, 6) is -0.303. The fourth-order valence-corrected chi connectivity index (χ4v) is 4.39. The molecule has 0 fully saturated rings. The van der Waals surface area contributed by atoms with Crippen LogP contribution < -0.4 is 5.01 Å². The van der Waals surface area contributed by atoms with Gasteiger partial charge in [0, 0.05) is 11.3 Å². The molecule has 0 spiro atoms. The van der Waals surface area contributed by atoms with Crippen molar-refractivity contribution in [2.45, 2.75) is 6.92 Å². The van der Waals surface area contributed by atoms with Crippen LogP contribution in [0.5, 0.6) is 5.88 Å². The lowest BCUT2D eigenvalue weighted by molar-refractivity contribution is -0.114. The van der Waals surface area contributed by atoms with Crippen molar-refractivity contribution < 1.29 is 9.90 Å². The number of hydrazone groups is 1. The molecule has 1 amide bonds. The average molecular weight is 497 g/mol. The SMILES string of the molecule is CC1=NN(c2ccccc2)C(=O)\C1=C/C=C/C=C/c1c(-c2ccccc2)c(C#N)c(O)n1-c1ccccc1. The van der Waals surface area contributed by atoms with Gasteiger partial charge in [0.2, 0.25) is 5.88 Å². The molecule has 1 aliphatic rings. The monoisotopic (exact) mass is 496 g/mol. The van der Waals surface area contributed by atoms with E-state index < -0.39 is 0 Å². The zero-order valence-corrected chi connectivity index (χ0v) is 20.7. The van der Waals surface area contributed by atoms with Crippen molar-refractivity contribution in [2.75, 3.05) is 5.01 Å². The fourth-order valence-electron chi connectivity index (χ4n) is 4.39. The number of aromatic nitrogens is 1. The van der Waals surface area contributed by atoms with Crippen LogP contribution >= 0.6 is 0 Å². The molecule has 0 unspecified atom stereocenters. The van der Waals surface area contributed by atoms with Crippen LogP contribution in [0.25, 0.3) is 22.9 Å². The van der Waals surface area contributed by atoms with Gasteiger partial charge in [0.25, 0.3) is 5.91 Å². The van der Waals surface area contributed by atoms with Gasteiger partial charge in [0.05, 0.1) is 22.7 Å². The average Bonchev–Trinajstić information content (AvgIpc) is 3.41. The van der Waals surface area contributed by atoms with Crippen molar-refractivity contribution in [3.05, 3.63) is 132 Å². The summed E-state index contributed by atoms with van der Waals surface area (Å²) < 4.78 is 1.67. The topological polar surface area (TPSA) is 81.6 Å². The van der Waals surface area contributed by atoms with E-state index in [1.807, 2.05) is 103 Å². The summed E-state index contributed by atoms with van der Waals surface area (Å²) in [6, 6.07) is 30.4. The number of carbonyl (C=O) groups is 1. The number of nitrogens with zero attached hydrogens (tertiary/aromatic N) is 4. The number of aromatic hydroxyl groups is 1. The minimum atomic E-state index is -0.185. The Labute approximate surface area is 221 Å². The highest BCUT2D eigenvalue weighted by Gasteiger charge is 2.28. The predicted octanol–water partition coefficient (Wildman–Crippen LogP) is 6.64. The van der Waals surface area contributed by atoms with Gasteiger partial charge < -0.3 is 5.11 Å². The molecule has 6 nitrogen and oxygen atoms in total. The lowest BCUT2D eigenvalue weighted by atomic mass is 10.0. The van der Waals surface area contributed by atoms with Crippen LogP contribution in [-0.4, -0.2) is 21.3 Å². The van der Waals surface area contributed by atoms with Gasteiger partial charge in [-0.3, -0.25) is 9.36 Å². The molecule has 1 N–H and O–H groups in total. The standard InChI is InChI=1S/C32H24N4O2/c1-23-27(32(38)36(34-23)26-18-10-4-11-19-26)20-12-5-13-21-29-30(24-14-6-2-7-15-24)28(22-33)31(37)35(29)25-16-8-3-9-17-25/h2-21,37H,1H3/b12-5+,21-13+,27-20-. The number of carbonyl (C=O) groups excluding carboxylic acids is 1. The van der Waals surface area contributed by atoms with Crippen LogP contribution in [-0.2, 0) is 4.79 Å². The molecule has 5 rings (SSSR count). The molecule has 4 aromatic rings. The molecule has 0 bridgehead atoms. The van der Waals surface area contributed by atoms with Crippen molar-refractivity contribution in [1.82, 2.24) is 4.57 Å². The summed E-state index contributed by atoms with van der Waals surface area (Å²) in [5, 5.41) is 26.8. The molecule has 0 saturated heterocycles. The van der Waals surface area contributed by atoms with Crippen LogP contribution in [0.15, 0.2) is 126 Å². The second-order valence-corrected chi connectivity index (χ2v) is 8.57. The van der Waals surface area contributed by atoms with Crippen LogP contribution in [0.4, 0.5) is 5.69 Å². The van der Waals surface area contributed by atoms with Crippen molar-refractivity contribution in [3.8, 4) is 28.8 Å². The lowest BCUT2D eigenvalue weighted by Gasteiger charge is -2.10. The van der Waals surface area contributed by atoms with Gasteiger partial charge in [-0.15, -0.1) is 0 Å². The van der Waals surface area contributed by atoms with Crippen molar-refractivity contribution in [2.24, 2.45) is 5.10 Å². The molecule has 0 atom stereocenters. The van der Waals surface area contributed by atoms with E-state index in [1.165, 1.54) is 5.01 Å². The quantitative estimate of drug-likeness (QED) is 0.240. The number of benzene rings is 3. The molecule has 2 heterocycles. The van der Waals surface area contributed by atoms with Crippen molar-refractivity contribution in [1.29, 1.82) is 5.26 Å². The Morgan fingerprint density at radius 2 is 1.45 bits per heavy atom. The minimum Gasteiger partial charge on any atom is -0.493 e. The minimum absolute atomic E-state index is 0.118. The first-order chi connectivity index (χ1) is 18.6. The molecule has 184 valence electrons. The Morgan fingerprint density at radius 3 is 2.08 bits per heavy atom. The zero-order chi connectivity index (χ0) is 26.5. The first kappa shape index (κ1) is 24.3. The predicted molar refractivity (Wildman–Crippen MR) is 151 cm³/mol. The van der Waals surface area contributed by atoms with E-state index in [9.17, 15) is 15.2 Å². The molecular weight excluding hydrogens is 472 g/mol. The highest BCUT2D eigenvalue weighted by Crippen LogP contribution is 2.39. The Morgan fingerprint density at radius 1 is 0.842 bits per heavy atom. The second kappa shape index (κ2) is 10.7. The maximum Gasteiger partial charge on any atom is 0.280 e. The first-order valence-corrected chi connectivity index (χ1v) is 12.1. The molecule has 1 aromatic heterocycles. The molecule has 6 heteroatoms. The Bertz CT molecular complexity index is 1640. The number of allylic oxidation sites excluding steroid dienone is 4. The molecular formula is C32H24N4O2. The third-order valence-electron chi connectivity index (χ3n) is 6.17. The van der Waals surface area contributed by atoms with E-state index in [4.69, 9.17) is 0 Å². The van der Waals surface area contributed by atoms with E-state index in [-0.39, 0.29) is 17.4 Å². The van der Waals surface area contributed by atoms with Crippen molar-refractivity contribution >= 4 is 23.4 Å². The summed E-state index contributed by atoms with van der Waals surface area (Å²) in [6.07, 6.45) is 8.98. The number of amides is 1. The fraction of sp³-hybridized carbons (Fsp3) is 0.0312. The third kappa shape index (κ3) is 4.57. The summed E-state index contributed by atoms with van der Waals surface area (Å²) in [4.78, 5) is 12.9. The second-order valence-electron chi connectivity index (χ2n) is 8.57. The molecule has 0 saturated carbocycles. The normalized spacial score (nSPS) is 14.5. The maximum absolute atomic E-state index is 12.9. The molecule has 38 heavy (non-hydrogen) atoms. The summed E-state index contributed by atoms with van der Waals surface area (Å²) in [5.41, 5.74) is 4.94. The Kier molecular flexibility index (Phi) is 6.83. The highest BCUT2D eigenvalue weighted by molar-refractivity contribution is 6.29. The largest absolute Gasteiger partial charge is 0.493 e. The summed E-state index contributed by atoms with van der Waals surface area (Å²) >= 11 is 0. The highest BCUT2D eigenvalue weighted by atomic mass is 16.3. The van der Waals surface area contributed by atoms with Gasteiger partial charge in [-0.25, -0.2) is 0 Å². The Balaban J connectivity index is 1.49.